The van der Waals surface area contributed by atoms with Crippen LogP contribution in [-0.2, 0) is 7.05 Å². The molecule has 158 valence electrons. The van der Waals surface area contributed by atoms with Gasteiger partial charge in [0.15, 0.2) is 0 Å². The molecule has 0 unspecified atom stereocenters. The maximum Gasteiger partial charge on any atom is 0.275 e. The van der Waals surface area contributed by atoms with Crippen molar-refractivity contribution in [3.63, 3.8) is 0 Å². The fourth-order valence-electron chi connectivity index (χ4n) is 3.83. The molecule has 0 saturated heterocycles. The van der Waals surface area contributed by atoms with E-state index in [2.05, 4.69) is 15.3 Å². The third kappa shape index (κ3) is 3.85. The molecule has 0 amide bonds. The first-order chi connectivity index (χ1) is 14.3. The molecule has 1 saturated carbocycles. The number of nitrogens with zero attached hydrogens (tertiary/aromatic N) is 4. The highest BCUT2D eigenvalue weighted by atomic mass is 19.1. The number of aromatic nitrogens is 3. The number of fused-ring (bicyclic) bond motifs is 1. The summed E-state index contributed by atoms with van der Waals surface area (Å²) in [7, 11) is 3.14. The van der Waals surface area contributed by atoms with Crippen LogP contribution in [0.3, 0.4) is 0 Å². The molecular weight excluding hydrogens is 392 g/mol. The Morgan fingerprint density at radius 1 is 1.17 bits per heavy atom. The highest BCUT2D eigenvalue weighted by Gasteiger charge is 2.21. The molecule has 1 aromatic carbocycles. The second-order valence-corrected chi connectivity index (χ2v) is 7.67. The number of nitrogens with one attached hydrogen (secondary N) is 1. The normalized spacial score (nSPS) is 19.1. The van der Waals surface area contributed by atoms with E-state index in [1.165, 1.54) is 15.5 Å². The molecule has 0 aliphatic heterocycles. The number of pyridine rings is 1. The Morgan fingerprint density at radius 3 is 2.60 bits per heavy atom. The van der Waals surface area contributed by atoms with Gasteiger partial charge in [0.25, 0.3) is 5.56 Å². The van der Waals surface area contributed by atoms with E-state index in [0.29, 0.717) is 17.0 Å². The molecular formula is C21H23F2N5O2. The zero-order chi connectivity index (χ0) is 21.4. The van der Waals surface area contributed by atoms with Crippen molar-refractivity contribution in [2.45, 2.75) is 37.8 Å². The maximum absolute atomic E-state index is 14.2. The van der Waals surface area contributed by atoms with Crippen LogP contribution in [0.5, 0.6) is 0 Å². The summed E-state index contributed by atoms with van der Waals surface area (Å²) in [5.41, 5.74) is 0.400. The van der Waals surface area contributed by atoms with E-state index in [9.17, 15) is 18.7 Å². The van der Waals surface area contributed by atoms with Crippen molar-refractivity contribution in [2.75, 3.05) is 17.3 Å². The summed E-state index contributed by atoms with van der Waals surface area (Å²) in [4.78, 5) is 23.2. The van der Waals surface area contributed by atoms with Crippen molar-refractivity contribution >= 4 is 28.4 Å². The number of anilines is 3. The smallest absolute Gasteiger partial charge is 0.275 e. The van der Waals surface area contributed by atoms with Gasteiger partial charge in [-0.1, -0.05) is 0 Å². The van der Waals surface area contributed by atoms with E-state index in [-0.39, 0.29) is 29.1 Å². The highest BCUT2D eigenvalue weighted by Crippen LogP contribution is 2.27. The number of hydrogen-bond donors (Lipinski definition) is 2. The summed E-state index contributed by atoms with van der Waals surface area (Å²) in [6.07, 6.45) is 4.49. The summed E-state index contributed by atoms with van der Waals surface area (Å²) in [5, 5.41) is 13.5. The molecule has 30 heavy (non-hydrogen) atoms. The molecule has 2 heterocycles. The number of aliphatic hydroxyl groups is 1. The molecule has 0 radical (unpaired) electrons. The first-order valence-corrected chi connectivity index (χ1v) is 9.83. The molecule has 2 N–H and O–H groups in total. The Bertz CT molecular complexity index is 1140. The number of aliphatic hydroxyl groups excluding tert-OH is 1. The highest BCUT2D eigenvalue weighted by molar-refractivity contribution is 5.80. The van der Waals surface area contributed by atoms with E-state index in [4.69, 9.17) is 0 Å². The van der Waals surface area contributed by atoms with Gasteiger partial charge in [0, 0.05) is 37.8 Å². The minimum atomic E-state index is -0.756. The van der Waals surface area contributed by atoms with Crippen LogP contribution in [0.4, 0.5) is 26.1 Å². The van der Waals surface area contributed by atoms with Gasteiger partial charge in [-0.15, -0.1) is 0 Å². The lowest BCUT2D eigenvalue weighted by atomic mass is 9.93. The summed E-state index contributed by atoms with van der Waals surface area (Å²) in [6.45, 7) is 0. The molecule has 0 spiro atoms. The van der Waals surface area contributed by atoms with Gasteiger partial charge in [-0.05, 0) is 43.9 Å². The molecule has 1 aliphatic carbocycles. The SMILES string of the molecule is CN(c1ccc(F)cc1F)c1cc2cnc(NC3CCC(O)CC3)nc2n(C)c1=O. The number of aryl methyl sites for hydroxylation is 1. The zero-order valence-electron chi connectivity index (χ0n) is 16.8. The van der Waals surface area contributed by atoms with Crippen LogP contribution in [0.1, 0.15) is 25.7 Å². The van der Waals surface area contributed by atoms with Crippen LogP contribution in [0, 0.1) is 11.6 Å². The lowest BCUT2D eigenvalue weighted by Gasteiger charge is -2.26. The topological polar surface area (TPSA) is 83.3 Å². The van der Waals surface area contributed by atoms with Crippen molar-refractivity contribution in [3.8, 4) is 0 Å². The fourth-order valence-corrected chi connectivity index (χ4v) is 3.83. The van der Waals surface area contributed by atoms with Gasteiger partial charge in [-0.25, -0.2) is 13.8 Å². The van der Waals surface area contributed by atoms with Crippen molar-refractivity contribution in [2.24, 2.45) is 7.05 Å². The minimum Gasteiger partial charge on any atom is -0.393 e. The van der Waals surface area contributed by atoms with Crippen molar-refractivity contribution in [1.29, 1.82) is 0 Å². The molecule has 1 fully saturated rings. The van der Waals surface area contributed by atoms with Gasteiger partial charge in [-0.3, -0.25) is 9.36 Å². The van der Waals surface area contributed by atoms with Gasteiger partial charge in [-0.2, -0.15) is 4.98 Å². The van der Waals surface area contributed by atoms with Crippen LogP contribution in [-0.4, -0.2) is 38.8 Å². The van der Waals surface area contributed by atoms with Crippen LogP contribution >= 0.6 is 0 Å². The van der Waals surface area contributed by atoms with Gasteiger partial charge in [0.1, 0.15) is 23.0 Å². The Morgan fingerprint density at radius 2 is 1.90 bits per heavy atom. The van der Waals surface area contributed by atoms with E-state index in [1.807, 2.05) is 0 Å². The average Bonchev–Trinajstić information content (AvgIpc) is 2.72. The first kappa shape index (κ1) is 20.2. The summed E-state index contributed by atoms with van der Waals surface area (Å²) in [5.74, 6) is -1.02. The standard InChI is InChI=1S/C21H23F2N5O2/c1-27(17-8-3-13(22)10-16(17)23)18-9-12-11-24-21(26-19(12)28(2)20(18)30)25-14-4-6-15(29)7-5-14/h3,8-11,14-15,29H,4-7H2,1-2H3,(H,24,25,26). The average molecular weight is 415 g/mol. The van der Waals surface area contributed by atoms with Gasteiger partial charge < -0.3 is 15.3 Å². The van der Waals surface area contributed by atoms with Gasteiger partial charge in [0.05, 0.1) is 11.8 Å². The second-order valence-electron chi connectivity index (χ2n) is 7.67. The summed E-state index contributed by atoms with van der Waals surface area (Å²) < 4.78 is 28.8. The van der Waals surface area contributed by atoms with E-state index in [0.717, 1.165) is 37.8 Å². The molecule has 2 aromatic heterocycles. The summed E-state index contributed by atoms with van der Waals surface area (Å²) in [6, 6.07) is 4.99. The number of benzene rings is 1. The fraction of sp³-hybridized carbons (Fsp3) is 0.381. The minimum absolute atomic E-state index is 0.0894. The second kappa shape index (κ2) is 7.98. The van der Waals surface area contributed by atoms with E-state index >= 15 is 0 Å². The largest absolute Gasteiger partial charge is 0.393 e. The molecule has 7 nitrogen and oxygen atoms in total. The number of halogens is 2. The van der Waals surface area contributed by atoms with Crippen molar-refractivity contribution < 1.29 is 13.9 Å². The van der Waals surface area contributed by atoms with Gasteiger partial charge >= 0.3 is 0 Å². The Kier molecular flexibility index (Phi) is 5.38. The first-order valence-electron chi connectivity index (χ1n) is 9.83. The van der Waals surface area contributed by atoms with Crippen molar-refractivity contribution in [3.05, 3.63) is 52.5 Å². The van der Waals surface area contributed by atoms with Gasteiger partial charge in [0.2, 0.25) is 5.95 Å². The third-order valence-corrected chi connectivity index (χ3v) is 5.59. The Hall–Kier alpha value is -3.07. The molecule has 3 aromatic rings. The Labute approximate surface area is 172 Å². The molecule has 0 bridgehead atoms. The predicted molar refractivity (Wildman–Crippen MR) is 111 cm³/mol. The quantitative estimate of drug-likeness (QED) is 0.681. The monoisotopic (exact) mass is 415 g/mol. The van der Waals surface area contributed by atoms with E-state index in [1.54, 1.807) is 26.4 Å². The third-order valence-electron chi connectivity index (χ3n) is 5.59. The zero-order valence-corrected chi connectivity index (χ0v) is 16.8. The maximum atomic E-state index is 14.2. The lowest BCUT2D eigenvalue weighted by Crippen LogP contribution is -2.29. The lowest BCUT2D eigenvalue weighted by molar-refractivity contribution is 0.126. The van der Waals surface area contributed by atoms with Crippen LogP contribution in [0.25, 0.3) is 11.0 Å². The van der Waals surface area contributed by atoms with Crippen LogP contribution in [0.15, 0.2) is 35.3 Å². The predicted octanol–water partition coefficient (Wildman–Crippen LogP) is 3.09. The van der Waals surface area contributed by atoms with Crippen LogP contribution in [0.2, 0.25) is 0 Å². The van der Waals surface area contributed by atoms with Crippen LogP contribution < -0.4 is 15.8 Å². The van der Waals surface area contributed by atoms with Crippen molar-refractivity contribution in [1.82, 2.24) is 14.5 Å². The number of rotatable bonds is 4. The Balaban J connectivity index is 1.67. The molecule has 9 heteroatoms. The summed E-state index contributed by atoms with van der Waals surface area (Å²) >= 11 is 0. The molecule has 1 aliphatic rings. The van der Waals surface area contributed by atoms with E-state index < -0.39 is 11.6 Å². The number of hydrogen-bond acceptors (Lipinski definition) is 6. The molecule has 4 rings (SSSR count). The molecule has 0 atom stereocenters.